The first-order valence-corrected chi connectivity index (χ1v) is 2.24. The minimum atomic E-state index is -1.29. The molecule has 1 unspecified atom stereocenters. The normalized spacial score (nSPS) is 12.6. The topological polar surface area (TPSA) is 101 Å². The molecule has 0 saturated heterocycles. The number of hydrogen-bond acceptors (Lipinski definition) is 3. The Morgan fingerprint density at radius 3 is 2.11 bits per heavy atom. The van der Waals surface area contributed by atoms with E-state index in [2.05, 4.69) is 0 Å². The van der Waals surface area contributed by atoms with Crippen molar-refractivity contribution in [3.63, 3.8) is 0 Å². The highest BCUT2D eigenvalue weighted by atomic mass is 16.4. The standard InChI is InChI=1S/C4H7NO4/c5-2(4(8)9)1-3(6)7/h2H,1,5H2,(H,6,7)(H,8,9)/p+1. The Bertz CT molecular complexity index is 137. The summed E-state index contributed by atoms with van der Waals surface area (Å²) in [5, 5.41) is 16.0. The largest absolute Gasteiger partial charge is 1.00 e. The van der Waals surface area contributed by atoms with Crippen molar-refractivity contribution in [2.75, 3.05) is 0 Å². The molecule has 0 rings (SSSR count). The molecule has 4 N–H and O–H groups in total. The van der Waals surface area contributed by atoms with Gasteiger partial charge in [-0.25, -0.2) is 0 Å². The highest BCUT2D eigenvalue weighted by Crippen LogP contribution is 1.86. The van der Waals surface area contributed by atoms with Crippen LogP contribution in [0.5, 0.6) is 0 Å². The molecule has 0 radical (unpaired) electrons. The SMILES string of the molecule is NC(CC(=O)O)C(=O)O.[H+]. The Morgan fingerprint density at radius 1 is 1.56 bits per heavy atom. The number of carboxylic acid groups (broad SMARTS) is 2. The predicted molar refractivity (Wildman–Crippen MR) is 29.0 cm³/mol. The van der Waals surface area contributed by atoms with E-state index in [0.717, 1.165) is 0 Å². The highest BCUT2D eigenvalue weighted by Gasteiger charge is 2.14. The summed E-state index contributed by atoms with van der Waals surface area (Å²) in [5.74, 6) is -2.50. The minimum absolute atomic E-state index is 0. The van der Waals surface area contributed by atoms with Gasteiger partial charge < -0.3 is 15.9 Å². The van der Waals surface area contributed by atoms with E-state index in [-0.39, 0.29) is 1.43 Å². The zero-order chi connectivity index (χ0) is 7.44. The molecule has 52 valence electrons. The zero-order valence-electron chi connectivity index (χ0n) is 5.57. The number of rotatable bonds is 3. The lowest BCUT2D eigenvalue weighted by Crippen LogP contribution is -2.32. The Hall–Kier alpha value is -1.10. The van der Waals surface area contributed by atoms with Crippen LogP contribution in [0.3, 0.4) is 0 Å². The molecule has 5 nitrogen and oxygen atoms in total. The quantitative estimate of drug-likeness (QED) is 0.459. The molecule has 0 aliphatic heterocycles. The molecule has 0 aromatic carbocycles. The van der Waals surface area contributed by atoms with Crippen molar-refractivity contribution in [2.45, 2.75) is 12.5 Å². The van der Waals surface area contributed by atoms with Crippen molar-refractivity contribution in [3.05, 3.63) is 0 Å². The molecule has 5 heteroatoms. The predicted octanol–water partition coefficient (Wildman–Crippen LogP) is -1.01. The van der Waals surface area contributed by atoms with Crippen LogP contribution >= 0.6 is 0 Å². The van der Waals surface area contributed by atoms with Crippen LogP contribution in [0.25, 0.3) is 0 Å². The van der Waals surface area contributed by atoms with Crippen LogP contribution < -0.4 is 5.73 Å². The summed E-state index contributed by atoms with van der Waals surface area (Å²) >= 11 is 0. The van der Waals surface area contributed by atoms with Gasteiger partial charge in [-0.3, -0.25) is 9.59 Å². The molecule has 0 fully saturated rings. The van der Waals surface area contributed by atoms with Gasteiger partial charge in [0.05, 0.1) is 6.42 Å². The van der Waals surface area contributed by atoms with Crippen LogP contribution in [0, 0.1) is 0 Å². The van der Waals surface area contributed by atoms with Crippen LogP contribution in [-0.4, -0.2) is 28.2 Å². The highest BCUT2D eigenvalue weighted by molar-refractivity contribution is 5.80. The fraction of sp³-hybridized carbons (Fsp3) is 0.500. The van der Waals surface area contributed by atoms with Gasteiger partial charge in [0.1, 0.15) is 6.04 Å². The summed E-state index contributed by atoms with van der Waals surface area (Å²) in [4.78, 5) is 19.6. The summed E-state index contributed by atoms with van der Waals surface area (Å²) in [6, 6.07) is -1.29. The third kappa shape index (κ3) is 3.48. The molecular weight excluding hydrogens is 126 g/mol. The van der Waals surface area contributed by atoms with E-state index in [4.69, 9.17) is 15.9 Å². The number of carbonyl (C=O) groups is 2. The van der Waals surface area contributed by atoms with Crippen molar-refractivity contribution >= 4 is 11.9 Å². The second kappa shape index (κ2) is 3.03. The molecule has 0 aromatic heterocycles. The molecule has 0 spiro atoms. The van der Waals surface area contributed by atoms with Crippen molar-refractivity contribution in [1.29, 1.82) is 0 Å². The van der Waals surface area contributed by atoms with E-state index < -0.39 is 24.4 Å². The van der Waals surface area contributed by atoms with Gasteiger partial charge in [-0.2, -0.15) is 0 Å². The van der Waals surface area contributed by atoms with Crippen molar-refractivity contribution in [1.82, 2.24) is 0 Å². The zero-order valence-corrected chi connectivity index (χ0v) is 4.57. The Balaban J connectivity index is 0. The van der Waals surface area contributed by atoms with Gasteiger partial charge in [-0.1, -0.05) is 0 Å². The second-order valence-corrected chi connectivity index (χ2v) is 1.54. The van der Waals surface area contributed by atoms with Crippen LogP contribution in [0.15, 0.2) is 0 Å². The first-order valence-electron chi connectivity index (χ1n) is 2.24. The average Bonchev–Trinajstić information content (AvgIpc) is 1.63. The summed E-state index contributed by atoms with van der Waals surface area (Å²) in [6.45, 7) is 0. The molecule has 0 amide bonds. The number of hydrogen-bond donors (Lipinski definition) is 3. The third-order valence-electron chi connectivity index (χ3n) is 0.712. The molecule has 9 heavy (non-hydrogen) atoms. The summed E-state index contributed by atoms with van der Waals surface area (Å²) in [6.07, 6.45) is -0.532. The number of carboxylic acids is 2. The Labute approximate surface area is 52.6 Å². The van der Waals surface area contributed by atoms with Crippen LogP contribution in [0.1, 0.15) is 7.85 Å². The van der Waals surface area contributed by atoms with Gasteiger partial charge in [-0.05, 0) is 0 Å². The van der Waals surface area contributed by atoms with Crippen LogP contribution in [0.4, 0.5) is 0 Å². The maximum atomic E-state index is 9.85. The van der Waals surface area contributed by atoms with Crippen LogP contribution in [-0.2, 0) is 9.59 Å². The van der Waals surface area contributed by atoms with Gasteiger partial charge in [0.2, 0.25) is 0 Å². The molecule has 0 bridgehead atoms. The minimum Gasteiger partial charge on any atom is -0.481 e. The Morgan fingerprint density at radius 2 is 2.00 bits per heavy atom. The van der Waals surface area contributed by atoms with Crippen molar-refractivity contribution in [3.8, 4) is 0 Å². The average molecular weight is 134 g/mol. The molecule has 0 aliphatic carbocycles. The van der Waals surface area contributed by atoms with E-state index in [9.17, 15) is 9.59 Å². The lowest BCUT2D eigenvalue weighted by Gasteiger charge is -1.99. The molecule has 1 atom stereocenters. The molecule has 0 aromatic rings. The van der Waals surface area contributed by atoms with Crippen molar-refractivity contribution in [2.24, 2.45) is 5.73 Å². The lowest BCUT2D eigenvalue weighted by molar-refractivity contribution is -0.144. The maximum Gasteiger partial charge on any atom is 1.00 e. The fourth-order valence-corrected chi connectivity index (χ4v) is 0.275. The number of nitrogens with two attached hydrogens (primary N) is 1. The van der Waals surface area contributed by atoms with Gasteiger partial charge in [0.15, 0.2) is 0 Å². The summed E-state index contributed by atoms with van der Waals surface area (Å²) in [5.41, 5.74) is 4.84. The summed E-state index contributed by atoms with van der Waals surface area (Å²) < 4.78 is 0. The smallest absolute Gasteiger partial charge is 0.481 e. The van der Waals surface area contributed by atoms with E-state index in [0.29, 0.717) is 0 Å². The summed E-state index contributed by atoms with van der Waals surface area (Å²) in [7, 11) is 0. The van der Waals surface area contributed by atoms with E-state index in [1.807, 2.05) is 0 Å². The molecule has 0 aliphatic rings. The molecular formula is C4H8NO4+. The van der Waals surface area contributed by atoms with E-state index >= 15 is 0 Å². The first-order chi connectivity index (χ1) is 4.04. The van der Waals surface area contributed by atoms with Crippen molar-refractivity contribution < 1.29 is 21.2 Å². The van der Waals surface area contributed by atoms with Gasteiger partial charge in [0.25, 0.3) is 0 Å². The Kier molecular flexibility index (Phi) is 2.66. The third-order valence-corrected chi connectivity index (χ3v) is 0.712. The molecule has 0 heterocycles. The van der Waals surface area contributed by atoms with E-state index in [1.165, 1.54) is 0 Å². The van der Waals surface area contributed by atoms with Gasteiger partial charge in [-0.15, -0.1) is 0 Å². The first kappa shape index (κ1) is 7.90. The van der Waals surface area contributed by atoms with Gasteiger partial charge in [0, 0.05) is 0 Å². The maximum absolute atomic E-state index is 9.85. The monoisotopic (exact) mass is 134 g/mol. The number of aliphatic carboxylic acids is 2. The lowest BCUT2D eigenvalue weighted by atomic mass is 10.2. The van der Waals surface area contributed by atoms with Gasteiger partial charge >= 0.3 is 13.4 Å². The molecule has 0 saturated carbocycles. The van der Waals surface area contributed by atoms with Crippen LogP contribution in [0.2, 0.25) is 0 Å². The fourth-order valence-electron chi connectivity index (χ4n) is 0.275. The second-order valence-electron chi connectivity index (χ2n) is 1.54. The van der Waals surface area contributed by atoms with E-state index in [1.54, 1.807) is 0 Å².